The average Bonchev–Trinajstić information content (AvgIpc) is 2.53. The fraction of sp³-hybridized carbons (Fsp3) is 0.429. The fourth-order valence-corrected chi connectivity index (χ4v) is 0.909. The summed E-state index contributed by atoms with van der Waals surface area (Å²) < 4.78 is 1.72. The van der Waals surface area contributed by atoms with E-state index in [1.807, 2.05) is 0 Å². The molecular weight excluding hydrogens is 174 g/mol. The van der Waals surface area contributed by atoms with Crippen molar-refractivity contribution in [2.45, 2.75) is 6.54 Å². The number of thiol groups is 1. The Morgan fingerprint density at radius 3 is 3.08 bits per heavy atom. The lowest BCUT2D eigenvalue weighted by molar-refractivity contribution is -0.121. The van der Waals surface area contributed by atoms with Crippen LogP contribution in [0.5, 0.6) is 0 Å². The molecule has 0 fully saturated rings. The number of imidazole rings is 1. The Bertz CT molecular complexity index is 235. The number of aromatic nitrogens is 2. The first-order valence-electron chi connectivity index (χ1n) is 3.66. The minimum Gasteiger partial charge on any atom is -0.354 e. The van der Waals surface area contributed by atoms with Gasteiger partial charge in [-0.3, -0.25) is 4.79 Å². The Hall–Kier alpha value is -0.970. The van der Waals surface area contributed by atoms with Crippen LogP contribution in [0.3, 0.4) is 0 Å². The lowest BCUT2D eigenvalue weighted by atomic mass is 10.5. The highest BCUT2D eigenvalue weighted by atomic mass is 32.1. The molecule has 1 heterocycles. The topological polar surface area (TPSA) is 46.9 Å². The van der Waals surface area contributed by atoms with Crippen LogP contribution in [0.1, 0.15) is 0 Å². The van der Waals surface area contributed by atoms with Crippen molar-refractivity contribution in [1.82, 2.24) is 14.9 Å². The van der Waals surface area contributed by atoms with E-state index in [9.17, 15) is 4.79 Å². The minimum atomic E-state index is -0.0120. The van der Waals surface area contributed by atoms with Crippen molar-refractivity contribution >= 4 is 18.5 Å². The lowest BCUT2D eigenvalue weighted by Crippen LogP contribution is -2.28. The third-order valence-electron chi connectivity index (χ3n) is 1.32. The predicted molar refractivity (Wildman–Crippen MR) is 49.1 cm³/mol. The van der Waals surface area contributed by atoms with E-state index >= 15 is 0 Å². The first kappa shape index (κ1) is 9.12. The molecule has 0 aliphatic heterocycles. The van der Waals surface area contributed by atoms with E-state index in [-0.39, 0.29) is 5.91 Å². The summed E-state index contributed by atoms with van der Waals surface area (Å²) in [6.07, 6.45) is 5.01. The summed E-state index contributed by atoms with van der Waals surface area (Å²) in [5.41, 5.74) is 0. The molecule has 1 rings (SSSR count). The molecule has 1 amide bonds. The van der Waals surface area contributed by atoms with Gasteiger partial charge < -0.3 is 9.88 Å². The number of amides is 1. The number of nitrogens with zero attached hydrogens (tertiary/aromatic N) is 2. The van der Waals surface area contributed by atoms with Gasteiger partial charge in [0.05, 0.1) is 6.33 Å². The number of hydrogen-bond donors (Lipinski definition) is 2. The molecule has 0 atom stereocenters. The molecule has 1 aromatic rings. The van der Waals surface area contributed by atoms with Crippen LogP contribution >= 0.6 is 12.6 Å². The molecule has 0 aromatic carbocycles. The van der Waals surface area contributed by atoms with Crippen LogP contribution in [0, 0.1) is 0 Å². The van der Waals surface area contributed by atoms with Crippen LogP contribution in [0.25, 0.3) is 0 Å². The standard InChI is InChI=1S/C7H11N3OS/c11-7(9-2-4-12)5-10-3-1-8-6-10/h1,3,6,12H,2,4-5H2,(H,9,11). The van der Waals surface area contributed by atoms with Crippen molar-refractivity contribution in [3.63, 3.8) is 0 Å². The van der Waals surface area contributed by atoms with Gasteiger partial charge in [-0.25, -0.2) is 4.98 Å². The number of rotatable bonds is 4. The van der Waals surface area contributed by atoms with Crippen LogP contribution in [0.2, 0.25) is 0 Å². The highest BCUT2D eigenvalue weighted by molar-refractivity contribution is 7.80. The molecule has 0 aliphatic carbocycles. The first-order chi connectivity index (χ1) is 5.83. The zero-order chi connectivity index (χ0) is 8.81. The van der Waals surface area contributed by atoms with E-state index in [0.29, 0.717) is 18.8 Å². The van der Waals surface area contributed by atoms with Crippen molar-refractivity contribution < 1.29 is 4.79 Å². The maximum absolute atomic E-state index is 11.1. The Morgan fingerprint density at radius 2 is 2.50 bits per heavy atom. The predicted octanol–water partition coefficient (Wildman–Crippen LogP) is -0.0709. The fourth-order valence-electron chi connectivity index (χ4n) is 0.797. The summed E-state index contributed by atoms with van der Waals surface area (Å²) in [4.78, 5) is 14.9. The molecule has 0 bridgehead atoms. The van der Waals surface area contributed by atoms with E-state index in [1.54, 1.807) is 23.3 Å². The number of nitrogens with one attached hydrogen (secondary N) is 1. The average molecular weight is 185 g/mol. The first-order valence-corrected chi connectivity index (χ1v) is 4.29. The summed E-state index contributed by atoms with van der Waals surface area (Å²) in [5, 5.41) is 2.71. The maximum atomic E-state index is 11.1. The Balaban J connectivity index is 2.27. The molecule has 0 spiro atoms. The van der Waals surface area contributed by atoms with Crippen LogP contribution in [-0.4, -0.2) is 27.8 Å². The Labute approximate surface area is 76.4 Å². The molecule has 5 heteroatoms. The molecular formula is C7H11N3OS. The van der Waals surface area contributed by atoms with Crippen molar-refractivity contribution in [1.29, 1.82) is 0 Å². The van der Waals surface area contributed by atoms with E-state index in [1.165, 1.54) is 0 Å². The SMILES string of the molecule is O=C(Cn1ccnc1)NCCS. The zero-order valence-corrected chi connectivity index (χ0v) is 7.50. The van der Waals surface area contributed by atoms with E-state index in [4.69, 9.17) is 0 Å². The van der Waals surface area contributed by atoms with Crippen molar-refractivity contribution in [3.8, 4) is 0 Å². The molecule has 0 unspecified atom stereocenters. The van der Waals surface area contributed by atoms with Crippen LogP contribution in [0.15, 0.2) is 18.7 Å². The van der Waals surface area contributed by atoms with Gasteiger partial charge in [0.2, 0.25) is 5.91 Å². The molecule has 0 saturated heterocycles. The molecule has 0 saturated carbocycles. The van der Waals surface area contributed by atoms with Gasteiger partial charge in [0.1, 0.15) is 6.54 Å². The Morgan fingerprint density at radius 1 is 1.67 bits per heavy atom. The largest absolute Gasteiger partial charge is 0.354 e. The second-order valence-corrected chi connectivity index (χ2v) is 2.76. The molecule has 0 radical (unpaired) electrons. The quantitative estimate of drug-likeness (QED) is 0.645. The number of hydrogen-bond acceptors (Lipinski definition) is 3. The molecule has 1 aromatic heterocycles. The normalized spacial score (nSPS) is 9.75. The monoisotopic (exact) mass is 185 g/mol. The summed E-state index contributed by atoms with van der Waals surface area (Å²) in [7, 11) is 0. The zero-order valence-electron chi connectivity index (χ0n) is 6.60. The van der Waals surface area contributed by atoms with E-state index < -0.39 is 0 Å². The van der Waals surface area contributed by atoms with Crippen molar-refractivity contribution in [3.05, 3.63) is 18.7 Å². The van der Waals surface area contributed by atoms with Crippen molar-refractivity contribution in [2.75, 3.05) is 12.3 Å². The second kappa shape index (κ2) is 4.82. The second-order valence-electron chi connectivity index (χ2n) is 2.31. The third-order valence-corrected chi connectivity index (χ3v) is 1.54. The van der Waals surface area contributed by atoms with E-state index in [0.717, 1.165) is 0 Å². The lowest BCUT2D eigenvalue weighted by Gasteiger charge is -2.02. The van der Waals surface area contributed by atoms with Crippen LogP contribution in [0.4, 0.5) is 0 Å². The summed E-state index contributed by atoms with van der Waals surface area (Å²) in [6, 6.07) is 0. The number of carbonyl (C=O) groups excluding carboxylic acids is 1. The molecule has 12 heavy (non-hydrogen) atoms. The highest BCUT2D eigenvalue weighted by Gasteiger charge is 1.99. The van der Waals surface area contributed by atoms with Gasteiger partial charge in [-0.05, 0) is 0 Å². The van der Waals surface area contributed by atoms with Gasteiger partial charge in [-0.1, -0.05) is 0 Å². The van der Waals surface area contributed by atoms with Crippen molar-refractivity contribution in [2.24, 2.45) is 0 Å². The maximum Gasteiger partial charge on any atom is 0.240 e. The van der Waals surface area contributed by atoms with Crippen LogP contribution in [-0.2, 0) is 11.3 Å². The van der Waals surface area contributed by atoms with Gasteiger partial charge in [0.15, 0.2) is 0 Å². The molecule has 66 valence electrons. The summed E-state index contributed by atoms with van der Waals surface area (Å²) >= 11 is 3.98. The molecule has 0 aliphatic rings. The smallest absolute Gasteiger partial charge is 0.240 e. The summed E-state index contributed by atoms with van der Waals surface area (Å²) in [6.45, 7) is 0.935. The van der Waals surface area contributed by atoms with Crippen LogP contribution < -0.4 is 5.32 Å². The third kappa shape index (κ3) is 2.96. The highest BCUT2D eigenvalue weighted by Crippen LogP contribution is 1.84. The molecule has 4 nitrogen and oxygen atoms in total. The van der Waals surface area contributed by atoms with Gasteiger partial charge in [-0.15, -0.1) is 0 Å². The Kier molecular flexibility index (Phi) is 3.66. The van der Waals surface area contributed by atoms with Gasteiger partial charge in [0.25, 0.3) is 0 Å². The van der Waals surface area contributed by atoms with Gasteiger partial charge >= 0.3 is 0 Å². The molecule has 1 N–H and O–H groups in total. The van der Waals surface area contributed by atoms with Gasteiger partial charge in [0, 0.05) is 24.7 Å². The summed E-state index contributed by atoms with van der Waals surface area (Å²) in [5.74, 6) is 0.650. The van der Waals surface area contributed by atoms with Gasteiger partial charge in [-0.2, -0.15) is 12.6 Å². The van der Waals surface area contributed by atoms with E-state index in [2.05, 4.69) is 22.9 Å². The minimum absolute atomic E-state index is 0.0120. The number of carbonyl (C=O) groups is 1.